The van der Waals surface area contributed by atoms with Crippen molar-refractivity contribution in [3.8, 4) is 0 Å². The number of likely N-dealkylation sites (N-methyl/N-ethyl adjacent to an activating group) is 1. The average Bonchev–Trinajstić information content (AvgIpc) is 2.77. The first-order chi connectivity index (χ1) is 8.00. The lowest BCUT2D eigenvalue weighted by Gasteiger charge is -2.22. The van der Waals surface area contributed by atoms with E-state index in [1.54, 1.807) is 6.07 Å². The molecule has 0 radical (unpaired) electrons. The number of carboxylic acid groups (broad SMARTS) is 1. The van der Waals surface area contributed by atoms with E-state index in [9.17, 15) is 4.79 Å². The van der Waals surface area contributed by atoms with Crippen LogP contribution in [0.4, 0.5) is 0 Å². The van der Waals surface area contributed by atoms with E-state index in [-0.39, 0.29) is 0 Å². The Hall–Kier alpha value is -1.29. The number of carbonyl (C=O) groups is 1. The van der Waals surface area contributed by atoms with Gasteiger partial charge in [0.05, 0.1) is 5.56 Å². The molecule has 1 atom stereocenters. The SMILES string of the molecule is Cc1cc(C(=O)O)c(C)n1CC1CCCN1C. The minimum absolute atomic E-state index is 0.433. The Bertz CT molecular complexity index is 437. The van der Waals surface area contributed by atoms with E-state index in [1.807, 2.05) is 13.8 Å². The second kappa shape index (κ2) is 4.53. The largest absolute Gasteiger partial charge is 0.478 e. The summed E-state index contributed by atoms with van der Waals surface area (Å²) in [7, 11) is 2.14. The molecule has 17 heavy (non-hydrogen) atoms. The molecule has 0 bridgehead atoms. The normalized spacial score (nSPS) is 21.0. The molecular weight excluding hydrogens is 216 g/mol. The fraction of sp³-hybridized carbons (Fsp3) is 0.615. The van der Waals surface area contributed by atoms with Crippen molar-refractivity contribution >= 4 is 5.97 Å². The summed E-state index contributed by atoms with van der Waals surface area (Å²) >= 11 is 0. The van der Waals surface area contributed by atoms with Gasteiger partial charge in [-0.25, -0.2) is 4.79 Å². The fourth-order valence-corrected chi connectivity index (χ4v) is 2.72. The molecule has 2 heterocycles. The van der Waals surface area contributed by atoms with Crippen molar-refractivity contribution < 1.29 is 9.90 Å². The molecule has 1 aliphatic rings. The van der Waals surface area contributed by atoms with Crippen LogP contribution in [0, 0.1) is 13.8 Å². The maximum atomic E-state index is 11.1. The molecule has 0 aromatic carbocycles. The number of hydrogen-bond donors (Lipinski definition) is 1. The third-order valence-corrected chi connectivity index (χ3v) is 3.87. The first-order valence-electron chi connectivity index (χ1n) is 6.11. The predicted molar refractivity (Wildman–Crippen MR) is 66.5 cm³/mol. The van der Waals surface area contributed by atoms with Gasteiger partial charge in [-0.3, -0.25) is 0 Å². The van der Waals surface area contributed by atoms with Crippen LogP contribution in [-0.2, 0) is 6.54 Å². The standard InChI is InChI=1S/C13H20N2O2/c1-9-7-12(13(16)17)10(2)15(9)8-11-5-4-6-14(11)3/h7,11H,4-6,8H2,1-3H3,(H,16,17). The second-order valence-corrected chi connectivity index (χ2v) is 4.98. The number of hydrogen-bond acceptors (Lipinski definition) is 2. The van der Waals surface area contributed by atoms with Gasteiger partial charge in [0.1, 0.15) is 0 Å². The van der Waals surface area contributed by atoms with Gasteiger partial charge in [-0.2, -0.15) is 0 Å². The molecule has 1 aromatic rings. The van der Waals surface area contributed by atoms with Crippen LogP contribution < -0.4 is 0 Å². The van der Waals surface area contributed by atoms with Crippen LogP contribution in [0.3, 0.4) is 0 Å². The zero-order valence-electron chi connectivity index (χ0n) is 10.7. The zero-order chi connectivity index (χ0) is 12.6. The van der Waals surface area contributed by atoms with Crippen LogP contribution in [0.1, 0.15) is 34.6 Å². The molecular formula is C13H20N2O2. The molecule has 1 unspecified atom stereocenters. The molecule has 1 aliphatic heterocycles. The molecule has 1 saturated heterocycles. The topological polar surface area (TPSA) is 45.5 Å². The van der Waals surface area contributed by atoms with E-state index >= 15 is 0 Å². The number of likely N-dealkylation sites (tertiary alicyclic amines) is 1. The number of aromatic nitrogens is 1. The van der Waals surface area contributed by atoms with Gasteiger partial charge < -0.3 is 14.6 Å². The van der Waals surface area contributed by atoms with Gasteiger partial charge in [0.25, 0.3) is 0 Å². The summed E-state index contributed by atoms with van der Waals surface area (Å²) in [5.74, 6) is -0.830. The zero-order valence-corrected chi connectivity index (χ0v) is 10.7. The highest BCUT2D eigenvalue weighted by molar-refractivity contribution is 5.89. The predicted octanol–water partition coefficient (Wildman–Crippen LogP) is 1.90. The van der Waals surface area contributed by atoms with Crippen LogP contribution >= 0.6 is 0 Å². The van der Waals surface area contributed by atoms with Crippen molar-refractivity contribution in [1.82, 2.24) is 9.47 Å². The van der Waals surface area contributed by atoms with Gasteiger partial charge in [-0.15, -0.1) is 0 Å². The molecule has 1 N–H and O–H groups in total. The van der Waals surface area contributed by atoms with Crippen LogP contribution in [0.5, 0.6) is 0 Å². The molecule has 1 aromatic heterocycles. The van der Waals surface area contributed by atoms with E-state index < -0.39 is 5.97 Å². The van der Waals surface area contributed by atoms with Crippen molar-refractivity contribution in [1.29, 1.82) is 0 Å². The Balaban J connectivity index is 2.23. The van der Waals surface area contributed by atoms with E-state index in [0.29, 0.717) is 11.6 Å². The van der Waals surface area contributed by atoms with Gasteiger partial charge >= 0.3 is 5.97 Å². The van der Waals surface area contributed by atoms with E-state index in [1.165, 1.54) is 12.8 Å². The molecule has 4 nitrogen and oxygen atoms in total. The Kier molecular flexibility index (Phi) is 3.24. The van der Waals surface area contributed by atoms with E-state index in [4.69, 9.17) is 5.11 Å². The van der Waals surface area contributed by atoms with Crippen LogP contribution in [0.25, 0.3) is 0 Å². The summed E-state index contributed by atoms with van der Waals surface area (Å²) in [6, 6.07) is 2.31. The van der Waals surface area contributed by atoms with Crippen LogP contribution in [-0.4, -0.2) is 40.2 Å². The second-order valence-electron chi connectivity index (χ2n) is 4.98. The summed E-state index contributed by atoms with van der Waals surface area (Å²) in [5, 5.41) is 9.09. The van der Waals surface area contributed by atoms with E-state index in [2.05, 4.69) is 16.5 Å². The van der Waals surface area contributed by atoms with Gasteiger partial charge in [0.2, 0.25) is 0 Å². The summed E-state index contributed by atoms with van der Waals surface area (Å²) in [5.41, 5.74) is 2.35. The fourth-order valence-electron chi connectivity index (χ4n) is 2.72. The summed E-state index contributed by atoms with van der Waals surface area (Å²) in [4.78, 5) is 13.4. The van der Waals surface area contributed by atoms with Crippen molar-refractivity contribution in [3.05, 3.63) is 23.0 Å². The molecule has 0 aliphatic carbocycles. The van der Waals surface area contributed by atoms with Crippen molar-refractivity contribution in [2.24, 2.45) is 0 Å². The smallest absolute Gasteiger partial charge is 0.337 e. The maximum absolute atomic E-state index is 11.1. The molecule has 2 rings (SSSR count). The third-order valence-electron chi connectivity index (χ3n) is 3.87. The lowest BCUT2D eigenvalue weighted by atomic mass is 10.2. The Morgan fingerprint density at radius 1 is 1.53 bits per heavy atom. The minimum atomic E-state index is -0.830. The monoisotopic (exact) mass is 236 g/mol. The van der Waals surface area contributed by atoms with Crippen LogP contribution in [0.15, 0.2) is 6.07 Å². The Labute approximate surface area is 102 Å². The van der Waals surface area contributed by atoms with Gasteiger partial charge in [0.15, 0.2) is 0 Å². The van der Waals surface area contributed by atoms with Crippen molar-refractivity contribution in [2.75, 3.05) is 13.6 Å². The van der Waals surface area contributed by atoms with Gasteiger partial charge in [-0.05, 0) is 46.3 Å². The van der Waals surface area contributed by atoms with Gasteiger partial charge in [0, 0.05) is 24.0 Å². The lowest BCUT2D eigenvalue weighted by molar-refractivity contribution is 0.0696. The van der Waals surface area contributed by atoms with Gasteiger partial charge in [-0.1, -0.05) is 0 Å². The lowest BCUT2D eigenvalue weighted by Crippen LogP contribution is -2.30. The number of aryl methyl sites for hydroxylation is 1. The van der Waals surface area contributed by atoms with E-state index in [0.717, 1.165) is 24.5 Å². The summed E-state index contributed by atoms with van der Waals surface area (Å²) < 4.78 is 2.13. The number of nitrogens with zero attached hydrogens (tertiary/aromatic N) is 2. The first-order valence-corrected chi connectivity index (χ1v) is 6.11. The molecule has 4 heteroatoms. The average molecular weight is 236 g/mol. The Morgan fingerprint density at radius 3 is 2.71 bits per heavy atom. The quantitative estimate of drug-likeness (QED) is 0.871. The minimum Gasteiger partial charge on any atom is -0.478 e. The van der Waals surface area contributed by atoms with Crippen LogP contribution in [0.2, 0.25) is 0 Å². The molecule has 94 valence electrons. The maximum Gasteiger partial charge on any atom is 0.337 e. The highest BCUT2D eigenvalue weighted by atomic mass is 16.4. The first kappa shape index (κ1) is 12.2. The number of carboxylic acids is 1. The number of rotatable bonds is 3. The number of aromatic carboxylic acids is 1. The van der Waals surface area contributed by atoms with Crippen molar-refractivity contribution in [2.45, 2.75) is 39.3 Å². The molecule has 1 fully saturated rings. The van der Waals surface area contributed by atoms with Crippen molar-refractivity contribution in [3.63, 3.8) is 0 Å². The highest BCUT2D eigenvalue weighted by Gasteiger charge is 2.23. The summed E-state index contributed by atoms with van der Waals surface area (Å²) in [6.45, 7) is 5.93. The Morgan fingerprint density at radius 2 is 2.24 bits per heavy atom. The molecule has 0 saturated carbocycles. The molecule has 0 spiro atoms. The summed E-state index contributed by atoms with van der Waals surface area (Å²) in [6.07, 6.45) is 2.45. The third kappa shape index (κ3) is 2.22. The molecule has 0 amide bonds. The highest BCUT2D eigenvalue weighted by Crippen LogP contribution is 2.21.